The molecule has 0 aromatic heterocycles. The average Bonchev–Trinajstić information content (AvgIpc) is 2.98. The molecule has 3 heterocycles. The quantitative estimate of drug-likeness (QED) is 0.376. The molecule has 7 nitrogen and oxygen atoms in total. The number of hydrogen-bond donors (Lipinski definition) is 1. The van der Waals surface area contributed by atoms with Gasteiger partial charge in [0.1, 0.15) is 23.4 Å². The zero-order valence-electron chi connectivity index (χ0n) is 21.9. The maximum Gasteiger partial charge on any atom is 0.199 e. The van der Waals surface area contributed by atoms with E-state index in [1.165, 1.54) is 0 Å². The highest BCUT2D eigenvalue weighted by Gasteiger charge is 2.39. The van der Waals surface area contributed by atoms with Gasteiger partial charge in [-0.3, -0.25) is 4.79 Å². The summed E-state index contributed by atoms with van der Waals surface area (Å²) in [4.78, 5) is 14.0. The third-order valence-electron chi connectivity index (χ3n) is 7.59. The molecule has 0 bridgehead atoms. The Morgan fingerprint density at radius 2 is 1.49 bits per heavy atom. The molecule has 204 valence electrons. The number of rotatable bonds is 7. The molecule has 0 radical (unpaired) electrons. The third-order valence-corrected chi connectivity index (χ3v) is 7.59. The van der Waals surface area contributed by atoms with Crippen LogP contribution in [0.25, 0.3) is 0 Å². The topological polar surface area (TPSA) is 83.5 Å². The minimum atomic E-state index is -0.558. The van der Waals surface area contributed by atoms with Gasteiger partial charge < -0.3 is 28.8 Å². The van der Waals surface area contributed by atoms with Crippen molar-refractivity contribution in [2.75, 3.05) is 13.2 Å². The molecule has 7 heteroatoms. The van der Waals surface area contributed by atoms with E-state index in [9.17, 15) is 9.90 Å². The molecule has 39 heavy (non-hydrogen) atoms. The highest BCUT2D eigenvalue weighted by atomic mass is 16.7. The van der Waals surface area contributed by atoms with Crippen LogP contribution in [0.15, 0.2) is 66.7 Å². The van der Waals surface area contributed by atoms with Gasteiger partial charge in [0, 0.05) is 13.0 Å². The van der Waals surface area contributed by atoms with Crippen LogP contribution in [-0.4, -0.2) is 36.7 Å². The lowest BCUT2D eigenvalue weighted by Crippen LogP contribution is -2.30. The van der Waals surface area contributed by atoms with Crippen molar-refractivity contribution in [3.05, 3.63) is 89.0 Å². The zero-order chi connectivity index (χ0) is 26.6. The van der Waals surface area contributed by atoms with Gasteiger partial charge in [0.15, 0.2) is 18.4 Å². The molecule has 2 saturated heterocycles. The summed E-state index contributed by atoms with van der Waals surface area (Å²) >= 11 is 0. The first-order valence-corrected chi connectivity index (χ1v) is 13.9. The van der Waals surface area contributed by atoms with Crippen LogP contribution in [0.3, 0.4) is 0 Å². The van der Waals surface area contributed by atoms with Crippen LogP contribution in [-0.2, 0) is 20.8 Å². The van der Waals surface area contributed by atoms with E-state index in [0.29, 0.717) is 30.3 Å². The SMILES string of the molecule is O=C1c2ccc(COC3CCCCO3)cc2OC(c2ccc(O)cc2)C1c1ccc(OC2CCCCO2)cc1. The van der Waals surface area contributed by atoms with Crippen LogP contribution >= 0.6 is 0 Å². The Labute approximate surface area is 228 Å². The number of hydrogen-bond acceptors (Lipinski definition) is 7. The van der Waals surface area contributed by atoms with Gasteiger partial charge in [0.25, 0.3) is 0 Å². The molecule has 2 fully saturated rings. The smallest absolute Gasteiger partial charge is 0.199 e. The molecule has 0 aliphatic carbocycles. The normalized spacial score (nSPS) is 25.0. The number of fused-ring (bicyclic) bond motifs is 1. The van der Waals surface area contributed by atoms with Crippen LogP contribution in [0.2, 0.25) is 0 Å². The first-order valence-electron chi connectivity index (χ1n) is 13.9. The lowest BCUT2D eigenvalue weighted by atomic mass is 9.81. The predicted molar refractivity (Wildman–Crippen MR) is 144 cm³/mol. The van der Waals surface area contributed by atoms with E-state index < -0.39 is 12.0 Å². The summed E-state index contributed by atoms with van der Waals surface area (Å²) in [5.41, 5.74) is 3.11. The molecule has 6 rings (SSSR count). The van der Waals surface area contributed by atoms with Gasteiger partial charge in [0.2, 0.25) is 0 Å². The van der Waals surface area contributed by atoms with Crippen LogP contribution in [0.5, 0.6) is 17.2 Å². The number of ketones is 1. The number of benzene rings is 3. The van der Waals surface area contributed by atoms with Crippen molar-refractivity contribution in [1.82, 2.24) is 0 Å². The van der Waals surface area contributed by atoms with Gasteiger partial charge in [-0.2, -0.15) is 0 Å². The molecule has 0 amide bonds. The number of aromatic hydroxyl groups is 1. The van der Waals surface area contributed by atoms with E-state index in [1.807, 2.05) is 42.5 Å². The Bertz CT molecular complexity index is 1260. The maximum atomic E-state index is 14.0. The molecule has 1 N–H and O–H groups in total. The van der Waals surface area contributed by atoms with Crippen molar-refractivity contribution in [1.29, 1.82) is 0 Å². The summed E-state index contributed by atoms with van der Waals surface area (Å²) in [6.07, 6.45) is 5.10. The number of phenolic OH excluding ortho intramolecular Hbond substituents is 1. The number of carbonyl (C=O) groups excluding carboxylic acids is 1. The largest absolute Gasteiger partial charge is 0.508 e. The summed E-state index contributed by atoms with van der Waals surface area (Å²) in [5, 5.41) is 9.86. The Kier molecular flexibility index (Phi) is 7.81. The minimum absolute atomic E-state index is 0.0123. The summed E-state index contributed by atoms with van der Waals surface area (Å²) < 4.78 is 29.9. The Morgan fingerprint density at radius 3 is 2.18 bits per heavy atom. The Morgan fingerprint density at radius 1 is 0.795 bits per heavy atom. The van der Waals surface area contributed by atoms with Crippen molar-refractivity contribution in [2.24, 2.45) is 0 Å². The Hall–Kier alpha value is -3.39. The molecule has 4 unspecified atom stereocenters. The maximum absolute atomic E-state index is 14.0. The summed E-state index contributed by atoms with van der Waals surface area (Å²) in [5.74, 6) is 0.840. The summed E-state index contributed by atoms with van der Waals surface area (Å²) in [6, 6.07) is 20.1. The number of phenols is 1. The lowest BCUT2D eigenvalue weighted by molar-refractivity contribution is -0.168. The van der Waals surface area contributed by atoms with E-state index in [0.717, 1.165) is 61.8 Å². The number of ether oxygens (including phenoxy) is 5. The first kappa shape index (κ1) is 25.9. The van der Waals surface area contributed by atoms with Gasteiger partial charge in [-0.1, -0.05) is 30.3 Å². The number of Topliss-reactive ketones (excluding diaryl/α,β-unsaturated/α-hetero) is 1. The zero-order valence-corrected chi connectivity index (χ0v) is 21.9. The molecule has 0 spiro atoms. The van der Waals surface area contributed by atoms with E-state index in [2.05, 4.69) is 0 Å². The van der Waals surface area contributed by atoms with Gasteiger partial charge in [0.05, 0.1) is 24.7 Å². The van der Waals surface area contributed by atoms with E-state index in [1.54, 1.807) is 24.3 Å². The summed E-state index contributed by atoms with van der Waals surface area (Å²) in [6.45, 7) is 1.82. The van der Waals surface area contributed by atoms with Crippen LogP contribution in [0.1, 0.15) is 77.6 Å². The van der Waals surface area contributed by atoms with Gasteiger partial charge >= 0.3 is 0 Å². The van der Waals surface area contributed by atoms with E-state index >= 15 is 0 Å². The third kappa shape index (κ3) is 5.96. The molecule has 0 saturated carbocycles. The second-order valence-electron chi connectivity index (χ2n) is 10.4. The Balaban J connectivity index is 1.25. The summed E-state index contributed by atoms with van der Waals surface area (Å²) in [7, 11) is 0. The molecule has 3 aromatic rings. The monoisotopic (exact) mass is 530 g/mol. The van der Waals surface area contributed by atoms with Crippen molar-refractivity contribution < 1.29 is 33.6 Å². The molecule has 4 atom stereocenters. The number of carbonyl (C=O) groups is 1. The predicted octanol–water partition coefficient (Wildman–Crippen LogP) is 6.44. The molecular weight excluding hydrogens is 496 g/mol. The van der Waals surface area contributed by atoms with E-state index in [-0.39, 0.29) is 24.1 Å². The second kappa shape index (κ2) is 11.8. The first-order chi connectivity index (χ1) is 19.1. The highest BCUT2D eigenvalue weighted by molar-refractivity contribution is 6.04. The molecule has 3 aliphatic rings. The van der Waals surface area contributed by atoms with Crippen molar-refractivity contribution in [2.45, 2.75) is 69.7 Å². The van der Waals surface area contributed by atoms with E-state index in [4.69, 9.17) is 23.7 Å². The van der Waals surface area contributed by atoms with Crippen molar-refractivity contribution >= 4 is 5.78 Å². The van der Waals surface area contributed by atoms with Gasteiger partial charge in [-0.25, -0.2) is 0 Å². The molecule has 3 aliphatic heterocycles. The fourth-order valence-corrected chi connectivity index (χ4v) is 5.46. The standard InChI is InChI=1S/C32H34O7/c33-24-12-8-23(9-13-24)32-30(22-10-14-25(15-11-22)38-29-6-2-4-18-36-29)31(34)26-16-7-21(19-27(26)39-32)20-37-28-5-1-3-17-35-28/h7-16,19,28-30,32-33H,1-6,17-18,20H2. The van der Waals surface area contributed by atoms with Crippen molar-refractivity contribution in [3.63, 3.8) is 0 Å². The van der Waals surface area contributed by atoms with Crippen molar-refractivity contribution in [3.8, 4) is 17.2 Å². The van der Waals surface area contributed by atoms with Gasteiger partial charge in [-0.05, 0) is 85.2 Å². The van der Waals surface area contributed by atoms with Gasteiger partial charge in [-0.15, -0.1) is 0 Å². The average molecular weight is 531 g/mol. The highest BCUT2D eigenvalue weighted by Crippen LogP contribution is 2.45. The van der Waals surface area contributed by atoms with Crippen LogP contribution < -0.4 is 9.47 Å². The molecular formula is C32H34O7. The minimum Gasteiger partial charge on any atom is -0.508 e. The van der Waals surface area contributed by atoms with Crippen LogP contribution in [0.4, 0.5) is 0 Å². The molecule has 3 aromatic carbocycles. The fourth-order valence-electron chi connectivity index (χ4n) is 5.46. The van der Waals surface area contributed by atoms with Crippen LogP contribution in [0, 0.1) is 0 Å². The fraction of sp³-hybridized carbons (Fsp3) is 0.406. The lowest BCUT2D eigenvalue weighted by Gasteiger charge is -2.33. The second-order valence-corrected chi connectivity index (χ2v) is 10.4.